The second-order valence-electron chi connectivity index (χ2n) is 3.60. The zero-order chi connectivity index (χ0) is 12.6. The van der Waals surface area contributed by atoms with Gasteiger partial charge in [0.2, 0.25) is 0 Å². The summed E-state index contributed by atoms with van der Waals surface area (Å²) in [7, 11) is 0. The van der Waals surface area contributed by atoms with Gasteiger partial charge in [0.25, 0.3) is 5.91 Å². The van der Waals surface area contributed by atoms with Crippen molar-refractivity contribution in [3.8, 4) is 0 Å². The molecule has 1 amide bonds. The third-order valence-electron chi connectivity index (χ3n) is 2.40. The molecule has 0 bridgehead atoms. The molecule has 6 heteroatoms. The van der Waals surface area contributed by atoms with Gasteiger partial charge in [-0.3, -0.25) is 9.69 Å². The quantitative estimate of drug-likeness (QED) is 0.609. The third-order valence-corrected chi connectivity index (χ3v) is 3.77. The van der Waals surface area contributed by atoms with Crippen molar-refractivity contribution in [1.82, 2.24) is 9.88 Å². The first-order valence-corrected chi connectivity index (χ1v) is 6.44. The molecular formula is C11H12N2O2S2. The normalized spacial score (nSPS) is 18.5. The fourth-order valence-electron chi connectivity index (χ4n) is 1.58. The lowest BCUT2D eigenvalue weighted by molar-refractivity contribution is -0.121. The molecule has 0 spiro atoms. The Morgan fingerprint density at radius 1 is 1.53 bits per heavy atom. The van der Waals surface area contributed by atoms with Crippen LogP contribution in [0.3, 0.4) is 0 Å². The van der Waals surface area contributed by atoms with E-state index in [4.69, 9.17) is 16.6 Å². The fraction of sp³-hybridized carbons (Fsp3) is 0.364. The Morgan fingerprint density at radius 3 is 2.71 bits per heavy atom. The maximum Gasteiger partial charge on any atom is 0.266 e. The maximum atomic E-state index is 12.0. The van der Waals surface area contributed by atoms with E-state index in [2.05, 4.69) is 4.98 Å². The highest BCUT2D eigenvalue weighted by Gasteiger charge is 2.31. The molecule has 90 valence electrons. The van der Waals surface area contributed by atoms with Gasteiger partial charge in [-0.25, -0.2) is 4.98 Å². The molecule has 1 aromatic rings. The number of carbonyl (C=O) groups is 1. The van der Waals surface area contributed by atoms with Crippen molar-refractivity contribution in [2.24, 2.45) is 0 Å². The smallest absolute Gasteiger partial charge is 0.266 e. The maximum absolute atomic E-state index is 12.0. The number of carbonyl (C=O) groups excluding carboxylic acids is 1. The van der Waals surface area contributed by atoms with E-state index >= 15 is 0 Å². The minimum absolute atomic E-state index is 0.0532. The standard InChI is InChI=1S/C11H12N2O2S2/c1-4-13-10(14)9(17-11(13)16)5-8-6(2)15-7(3)12-8/h5H,4H2,1-3H3/b9-5-. The Balaban J connectivity index is 2.33. The Morgan fingerprint density at radius 2 is 2.24 bits per heavy atom. The third kappa shape index (κ3) is 2.28. The number of amides is 1. The molecule has 1 aliphatic rings. The van der Waals surface area contributed by atoms with Crippen molar-refractivity contribution >= 4 is 40.3 Å². The zero-order valence-electron chi connectivity index (χ0n) is 9.81. The first-order valence-electron chi connectivity index (χ1n) is 5.22. The van der Waals surface area contributed by atoms with Gasteiger partial charge in [-0.15, -0.1) is 0 Å². The SMILES string of the molecule is CCN1C(=O)/C(=C/c2nc(C)oc2C)SC1=S. The predicted molar refractivity (Wildman–Crippen MR) is 71.5 cm³/mol. The largest absolute Gasteiger partial charge is 0.446 e. The molecule has 0 unspecified atom stereocenters. The van der Waals surface area contributed by atoms with E-state index in [1.807, 2.05) is 13.8 Å². The first-order chi connectivity index (χ1) is 8.02. The van der Waals surface area contributed by atoms with Crippen LogP contribution in [0, 0.1) is 13.8 Å². The van der Waals surface area contributed by atoms with Crippen LogP contribution in [0.1, 0.15) is 24.3 Å². The number of thiocarbonyl (C=S) groups is 1. The number of thioether (sulfide) groups is 1. The second kappa shape index (κ2) is 4.62. The van der Waals surface area contributed by atoms with Gasteiger partial charge >= 0.3 is 0 Å². The van der Waals surface area contributed by atoms with Crippen LogP contribution in [-0.2, 0) is 4.79 Å². The van der Waals surface area contributed by atoms with Crippen molar-refractivity contribution in [3.63, 3.8) is 0 Å². The summed E-state index contributed by atoms with van der Waals surface area (Å²) in [6.45, 7) is 6.10. The van der Waals surface area contributed by atoms with Crippen molar-refractivity contribution in [2.75, 3.05) is 6.54 Å². The van der Waals surface area contributed by atoms with E-state index in [-0.39, 0.29) is 5.91 Å². The zero-order valence-corrected chi connectivity index (χ0v) is 11.4. The van der Waals surface area contributed by atoms with Crippen LogP contribution in [0.5, 0.6) is 0 Å². The molecule has 1 fully saturated rings. The molecule has 4 nitrogen and oxygen atoms in total. The van der Waals surface area contributed by atoms with Gasteiger partial charge in [-0.1, -0.05) is 24.0 Å². The Labute approximate surface area is 109 Å². The summed E-state index contributed by atoms with van der Waals surface area (Å²) in [4.78, 5) is 18.4. The predicted octanol–water partition coefficient (Wildman–Crippen LogP) is 2.51. The molecule has 0 saturated carbocycles. The second-order valence-corrected chi connectivity index (χ2v) is 5.28. The van der Waals surface area contributed by atoms with Crippen molar-refractivity contribution in [1.29, 1.82) is 0 Å². The van der Waals surface area contributed by atoms with Crippen molar-refractivity contribution in [2.45, 2.75) is 20.8 Å². The van der Waals surface area contributed by atoms with Crippen LogP contribution in [-0.4, -0.2) is 26.7 Å². The molecule has 2 rings (SSSR count). The molecule has 1 saturated heterocycles. The fourth-order valence-corrected chi connectivity index (χ4v) is 2.94. The molecule has 0 radical (unpaired) electrons. The lowest BCUT2D eigenvalue weighted by Gasteiger charge is -2.09. The molecular weight excluding hydrogens is 256 g/mol. The van der Waals surface area contributed by atoms with Crippen LogP contribution in [0.2, 0.25) is 0 Å². The van der Waals surface area contributed by atoms with E-state index in [0.717, 1.165) is 0 Å². The van der Waals surface area contributed by atoms with Gasteiger partial charge < -0.3 is 4.42 Å². The number of nitrogens with zero attached hydrogens (tertiary/aromatic N) is 2. The highest BCUT2D eigenvalue weighted by molar-refractivity contribution is 8.26. The number of rotatable bonds is 2. The molecule has 0 aliphatic carbocycles. The lowest BCUT2D eigenvalue weighted by Crippen LogP contribution is -2.27. The lowest BCUT2D eigenvalue weighted by atomic mass is 10.3. The number of hydrogen-bond donors (Lipinski definition) is 0. The number of oxazole rings is 1. The van der Waals surface area contributed by atoms with Crippen LogP contribution in [0.15, 0.2) is 9.32 Å². The van der Waals surface area contributed by atoms with E-state index < -0.39 is 0 Å². The first kappa shape index (κ1) is 12.3. The van der Waals surface area contributed by atoms with Gasteiger partial charge in [-0.05, 0) is 19.9 Å². The molecule has 1 aromatic heterocycles. The molecule has 17 heavy (non-hydrogen) atoms. The van der Waals surface area contributed by atoms with Gasteiger partial charge in [-0.2, -0.15) is 0 Å². The number of likely N-dealkylation sites (N-methyl/N-ethyl adjacent to an activating group) is 1. The summed E-state index contributed by atoms with van der Waals surface area (Å²) in [6, 6.07) is 0. The van der Waals surface area contributed by atoms with Crippen LogP contribution >= 0.6 is 24.0 Å². The Bertz CT molecular complexity index is 520. The van der Waals surface area contributed by atoms with Crippen LogP contribution in [0.25, 0.3) is 6.08 Å². The minimum atomic E-state index is -0.0532. The molecule has 1 aliphatic heterocycles. The average Bonchev–Trinajstić information content (AvgIpc) is 2.69. The van der Waals surface area contributed by atoms with Crippen LogP contribution in [0.4, 0.5) is 0 Å². The van der Waals surface area contributed by atoms with Crippen molar-refractivity contribution in [3.05, 3.63) is 22.3 Å². The molecule has 0 aromatic carbocycles. The van der Waals surface area contributed by atoms with Gasteiger partial charge in [0.1, 0.15) is 15.8 Å². The van der Waals surface area contributed by atoms with Crippen LogP contribution < -0.4 is 0 Å². The number of aryl methyl sites for hydroxylation is 2. The summed E-state index contributed by atoms with van der Waals surface area (Å²) >= 11 is 6.44. The summed E-state index contributed by atoms with van der Waals surface area (Å²) in [6.07, 6.45) is 1.74. The monoisotopic (exact) mass is 268 g/mol. The van der Waals surface area contributed by atoms with Gasteiger partial charge in [0.05, 0.1) is 4.91 Å². The van der Waals surface area contributed by atoms with E-state index in [1.165, 1.54) is 11.8 Å². The summed E-state index contributed by atoms with van der Waals surface area (Å²) < 4.78 is 5.92. The van der Waals surface area contributed by atoms with Crippen molar-refractivity contribution < 1.29 is 9.21 Å². The summed E-state index contributed by atoms with van der Waals surface area (Å²) in [5, 5.41) is 0. The highest BCUT2D eigenvalue weighted by Crippen LogP contribution is 2.32. The summed E-state index contributed by atoms with van der Waals surface area (Å²) in [5.74, 6) is 1.26. The molecule has 0 atom stereocenters. The minimum Gasteiger partial charge on any atom is -0.446 e. The highest BCUT2D eigenvalue weighted by atomic mass is 32.2. The van der Waals surface area contributed by atoms with Gasteiger partial charge in [0, 0.05) is 13.5 Å². The molecule has 2 heterocycles. The Kier molecular flexibility index (Phi) is 3.35. The number of aromatic nitrogens is 1. The average molecular weight is 268 g/mol. The number of hydrogen-bond acceptors (Lipinski definition) is 5. The van der Waals surface area contributed by atoms with E-state index in [0.29, 0.717) is 33.1 Å². The Hall–Kier alpha value is -1.14. The topological polar surface area (TPSA) is 46.3 Å². The van der Waals surface area contributed by atoms with E-state index in [9.17, 15) is 4.79 Å². The molecule has 0 N–H and O–H groups in total. The van der Waals surface area contributed by atoms with E-state index in [1.54, 1.807) is 17.9 Å². The summed E-state index contributed by atoms with van der Waals surface area (Å²) in [5.41, 5.74) is 0.694. The van der Waals surface area contributed by atoms with Gasteiger partial charge in [0.15, 0.2) is 5.89 Å².